The van der Waals surface area contributed by atoms with Crippen LogP contribution in [0.1, 0.15) is 36.6 Å². The Morgan fingerprint density at radius 2 is 2.03 bits per heavy atom. The summed E-state index contributed by atoms with van der Waals surface area (Å²) < 4.78 is 15.2. The van der Waals surface area contributed by atoms with E-state index in [-0.39, 0.29) is 11.6 Å². The summed E-state index contributed by atoms with van der Waals surface area (Å²) in [6, 6.07) is 11.6. The lowest BCUT2D eigenvalue weighted by Crippen LogP contribution is -2.31. The molecule has 6 nitrogen and oxygen atoms in total. The number of ketones is 1. The first-order valence-electron chi connectivity index (χ1n) is 9.47. The monoisotopic (exact) mass is 407 g/mol. The van der Waals surface area contributed by atoms with Crippen molar-refractivity contribution in [2.24, 2.45) is 0 Å². The average Bonchev–Trinajstić information content (AvgIpc) is 3.15. The van der Waals surface area contributed by atoms with E-state index in [0.717, 1.165) is 29.8 Å². The summed E-state index contributed by atoms with van der Waals surface area (Å²) in [5.41, 5.74) is 3.38. The van der Waals surface area contributed by atoms with Crippen molar-refractivity contribution >= 4 is 23.5 Å². The van der Waals surface area contributed by atoms with Crippen molar-refractivity contribution in [2.75, 3.05) is 5.32 Å². The van der Waals surface area contributed by atoms with Gasteiger partial charge in [0, 0.05) is 29.6 Å². The molecular weight excluding hydrogens is 389 g/mol. The average molecular weight is 407 g/mol. The van der Waals surface area contributed by atoms with E-state index in [2.05, 4.69) is 20.4 Å². The highest BCUT2D eigenvalue weighted by Crippen LogP contribution is 2.40. The van der Waals surface area contributed by atoms with Crippen LogP contribution in [0.15, 0.2) is 65.1 Å². The van der Waals surface area contributed by atoms with E-state index < -0.39 is 6.04 Å². The maximum absolute atomic E-state index is 13.5. The number of benzene rings is 1. The van der Waals surface area contributed by atoms with Crippen LogP contribution in [0.4, 0.5) is 10.3 Å². The van der Waals surface area contributed by atoms with Crippen LogP contribution in [0, 0.1) is 5.82 Å². The minimum absolute atomic E-state index is 0.108. The van der Waals surface area contributed by atoms with Gasteiger partial charge in [-0.2, -0.15) is 4.98 Å². The van der Waals surface area contributed by atoms with Crippen LogP contribution in [0.5, 0.6) is 0 Å². The van der Waals surface area contributed by atoms with E-state index in [9.17, 15) is 9.18 Å². The molecule has 1 unspecified atom stereocenters. The number of carbonyl (C=O) groups excluding carboxylic acids is 1. The van der Waals surface area contributed by atoms with Gasteiger partial charge in [0.25, 0.3) is 0 Å². The van der Waals surface area contributed by atoms with Gasteiger partial charge in [-0.25, -0.2) is 9.07 Å². The standard InChI is InChI=1S/C21H18FN5OS/c22-14-9-7-13(8-10-14)19-18-16(5-3-6-17(18)28)24-20-25-21(26-27(19)20)29-12-15-4-1-2-11-23-15/h1-2,4,7-11,19H,3,5-6,12H2,(H,24,25,26). The predicted octanol–water partition coefficient (Wildman–Crippen LogP) is 4.13. The Labute approximate surface area is 171 Å². The summed E-state index contributed by atoms with van der Waals surface area (Å²) in [5, 5.41) is 8.58. The molecular formula is C21H18FN5OS. The number of hydrogen-bond donors (Lipinski definition) is 1. The molecule has 0 spiro atoms. The minimum atomic E-state index is -0.397. The lowest BCUT2D eigenvalue weighted by molar-refractivity contribution is -0.116. The molecule has 3 heterocycles. The summed E-state index contributed by atoms with van der Waals surface area (Å²) in [6.07, 6.45) is 3.89. The molecule has 1 atom stereocenters. The second-order valence-electron chi connectivity index (χ2n) is 7.02. The lowest BCUT2D eigenvalue weighted by Gasteiger charge is -2.32. The van der Waals surface area contributed by atoms with Gasteiger partial charge in [-0.05, 0) is 42.7 Å². The highest BCUT2D eigenvalue weighted by Gasteiger charge is 2.36. The SMILES string of the molecule is O=C1CCCC2=C1C(c1ccc(F)cc1)n1nc(SCc3ccccn3)nc1N2. The molecule has 0 bridgehead atoms. The Kier molecular flexibility index (Phi) is 4.63. The van der Waals surface area contributed by atoms with Gasteiger partial charge in [-0.15, -0.1) is 5.10 Å². The first kappa shape index (κ1) is 18.1. The van der Waals surface area contributed by atoms with E-state index in [1.807, 2.05) is 18.2 Å². The molecule has 29 heavy (non-hydrogen) atoms. The molecule has 0 saturated carbocycles. The van der Waals surface area contributed by atoms with Gasteiger partial charge in [0.15, 0.2) is 5.78 Å². The zero-order chi connectivity index (χ0) is 19.8. The molecule has 0 fully saturated rings. The van der Waals surface area contributed by atoms with Crippen molar-refractivity contribution in [3.05, 3.63) is 77.0 Å². The van der Waals surface area contributed by atoms with Crippen LogP contribution >= 0.6 is 11.8 Å². The minimum Gasteiger partial charge on any atom is -0.328 e. The second-order valence-corrected chi connectivity index (χ2v) is 7.96. The van der Waals surface area contributed by atoms with Crippen LogP contribution in [0.2, 0.25) is 0 Å². The number of halogens is 1. The van der Waals surface area contributed by atoms with Gasteiger partial charge in [0.2, 0.25) is 11.1 Å². The number of pyridine rings is 1. The normalized spacial score (nSPS) is 18.2. The van der Waals surface area contributed by atoms with Crippen molar-refractivity contribution in [1.82, 2.24) is 19.7 Å². The van der Waals surface area contributed by atoms with Crippen LogP contribution in [0.3, 0.4) is 0 Å². The number of thioether (sulfide) groups is 1. The molecule has 2 aliphatic rings. The maximum Gasteiger partial charge on any atom is 0.227 e. The van der Waals surface area contributed by atoms with Crippen molar-refractivity contribution in [2.45, 2.75) is 36.2 Å². The quantitative estimate of drug-likeness (QED) is 0.656. The highest BCUT2D eigenvalue weighted by molar-refractivity contribution is 7.98. The van der Waals surface area contributed by atoms with Crippen molar-refractivity contribution in [1.29, 1.82) is 0 Å². The summed E-state index contributed by atoms with van der Waals surface area (Å²) in [4.78, 5) is 21.7. The zero-order valence-electron chi connectivity index (χ0n) is 15.5. The van der Waals surface area contributed by atoms with Crippen LogP contribution in [-0.4, -0.2) is 25.5 Å². The van der Waals surface area contributed by atoms with Gasteiger partial charge in [0.1, 0.15) is 11.9 Å². The summed E-state index contributed by atoms with van der Waals surface area (Å²) in [5.74, 6) is 1.06. The van der Waals surface area contributed by atoms with Crippen LogP contribution in [-0.2, 0) is 10.5 Å². The Morgan fingerprint density at radius 3 is 2.83 bits per heavy atom. The number of rotatable bonds is 4. The Hall–Kier alpha value is -3.00. The summed E-state index contributed by atoms with van der Waals surface area (Å²) in [7, 11) is 0. The third kappa shape index (κ3) is 3.44. The molecule has 8 heteroatoms. The number of anilines is 1. The fourth-order valence-corrected chi connectivity index (χ4v) is 4.52. The van der Waals surface area contributed by atoms with Gasteiger partial charge < -0.3 is 5.32 Å². The molecule has 0 amide bonds. The zero-order valence-corrected chi connectivity index (χ0v) is 16.3. The topological polar surface area (TPSA) is 72.7 Å². The smallest absolute Gasteiger partial charge is 0.227 e. The maximum atomic E-state index is 13.5. The number of aromatic nitrogens is 4. The Morgan fingerprint density at radius 1 is 1.17 bits per heavy atom. The molecule has 146 valence electrons. The summed E-state index contributed by atoms with van der Waals surface area (Å²) in [6.45, 7) is 0. The van der Waals surface area contributed by atoms with Crippen molar-refractivity contribution in [3.8, 4) is 0 Å². The fraction of sp³-hybridized carbons (Fsp3) is 0.238. The van der Waals surface area contributed by atoms with Gasteiger partial charge >= 0.3 is 0 Å². The molecule has 3 aromatic rings. The second kappa shape index (κ2) is 7.44. The number of allylic oxidation sites excluding steroid dienone is 2. The Bertz CT molecular complexity index is 1090. The van der Waals surface area contributed by atoms with Gasteiger partial charge in [0.05, 0.1) is 5.69 Å². The summed E-state index contributed by atoms with van der Waals surface area (Å²) >= 11 is 1.49. The molecule has 1 N–H and O–H groups in total. The van der Waals surface area contributed by atoms with Gasteiger partial charge in [-0.3, -0.25) is 9.78 Å². The third-order valence-electron chi connectivity index (χ3n) is 5.11. The van der Waals surface area contributed by atoms with Gasteiger partial charge in [-0.1, -0.05) is 30.0 Å². The number of nitrogens with zero attached hydrogens (tertiary/aromatic N) is 4. The largest absolute Gasteiger partial charge is 0.328 e. The number of hydrogen-bond acceptors (Lipinski definition) is 6. The van der Waals surface area contributed by atoms with Crippen molar-refractivity contribution < 1.29 is 9.18 Å². The van der Waals surface area contributed by atoms with Crippen LogP contribution in [0.25, 0.3) is 0 Å². The van der Waals surface area contributed by atoms with Crippen molar-refractivity contribution in [3.63, 3.8) is 0 Å². The molecule has 1 aromatic carbocycles. The molecule has 2 aromatic heterocycles. The molecule has 1 aliphatic heterocycles. The number of carbonyl (C=O) groups is 1. The number of nitrogens with one attached hydrogen (secondary N) is 1. The molecule has 5 rings (SSSR count). The molecule has 0 radical (unpaired) electrons. The first-order valence-corrected chi connectivity index (χ1v) is 10.5. The third-order valence-corrected chi connectivity index (χ3v) is 5.98. The van der Waals surface area contributed by atoms with E-state index in [1.54, 1.807) is 23.0 Å². The Balaban J connectivity index is 1.52. The van der Waals surface area contributed by atoms with E-state index in [1.165, 1.54) is 23.9 Å². The molecule has 0 saturated heterocycles. The molecule has 1 aliphatic carbocycles. The lowest BCUT2D eigenvalue weighted by atomic mass is 9.85. The van der Waals surface area contributed by atoms with Crippen LogP contribution < -0.4 is 5.32 Å². The van der Waals surface area contributed by atoms with E-state index in [0.29, 0.717) is 28.9 Å². The predicted molar refractivity (Wildman–Crippen MR) is 108 cm³/mol. The highest BCUT2D eigenvalue weighted by atomic mass is 32.2. The fourth-order valence-electron chi connectivity index (χ4n) is 3.77. The van der Waals surface area contributed by atoms with E-state index >= 15 is 0 Å². The number of Topliss-reactive ketones (excluding diaryl/α,β-unsaturated/α-hetero) is 1. The number of fused-ring (bicyclic) bond motifs is 1. The first-order chi connectivity index (χ1) is 14.2. The van der Waals surface area contributed by atoms with E-state index in [4.69, 9.17) is 0 Å².